The van der Waals surface area contributed by atoms with Gasteiger partial charge in [-0.15, -0.1) is 0 Å². The summed E-state index contributed by atoms with van der Waals surface area (Å²) < 4.78 is 5.29. The van der Waals surface area contributed by atoms with Gasteiger partial charge in [-0.25, -0.2) is 4.79 Å². The number of benzene rings is 2. The van der Waals surface area contributed by atoms with Crippen molar-refractivity contribution in [3.63, 3.8) is 0 Å². The van der Waals surface area contributed by atoms with Gasteiger partial charge in [-0.3, -0.25) is 4.79 Å². The maximum Gasteiger partial charge on any atom is 0.347 e. The molecule has 1 aromatic heterocycles. The van der Waals surface area contributed by atoms with E-state index in [0.29, 0.717) is 16.7 Å². The van der Waals surface area contributed by atoms with Crippen LogP contribution in [-0.4, -0.2) is 19.9 Å². The Morgan fingerprint density at radius 2 is 1.65 bits per heavy atom. The van der Waals surface area contributed by atoms with Crippen LogP contribution >= 0.6 is 0 Å². The standard InChI is InChI=1S/C19H17NO3/c1-12-15-6-4-5-7-16(15)23-19(22)17(12)18(21)13-8-10-14(11-9-13)20(2)3/h4-11H,1-3H3. The van der Waals surface area contributed by atoms with Gasteiger partial charge in [0.25, 0.3) is 0 Å². The van der Waals surface area contributed by atoms with Crippen LogP contribution in [0.2, 0.25) is 0 Å². The monoisotopic (exact) mass is 307 g/mol. The molecule has 0 aliphatic carbocycles. The molecule has 0 fully saturated rings. The molecule has 3 rings (SSSR count). The fourth-order valence-corrected chi connectivity index (χ4v) is 2.62. The van der Waals surface area contributed by atoms with Crippen LogP contribution in [0, 0.1) is 6.92 Å². The minimum Gasteiger partial charge on any atom is -0.422 e. The predicted octanol–water partition coefficient (Wildman–Crippen LogP) is 3.40. The third kappa shape index (κ3) is 2.63. The molecular formula is C19H17NO3. The van der Waals surface area contributed by atoms with Crippen molar-refractivity contribution in [2.45, 2.75) is 6.92 Å². The first-order chi connectivity index (χ1) is 11.0. The molecule has 2 aromatic carbocycles. The zero-order valence-electron chi connectivity index (χ0n) is 13.3. The molecule has 0 aliphatic heterocycles. The van der Waals surface area contributed by atoms with E-state index in [1.54, 1.807) is 31.2 Å². The van der Waals surface area contributed by atoms with Gasteiger partial charge in [-0.05, 0) is 42.8 Å². The second-order valence-corrected chi connectivity index (χ2v) is 5.66. The van der Waals surface area contributed by atoms with Crippen LogP contribution in [0.1, 0.15) is 21.5 Å². The lowest BCUT2D eigenvalue weighted by Crippen LogP contribution is -2.17. The molecule has 0 saturated carbocycles. The molecule has 0 saturated heterocycles. The van der Waals surface area contributed by atoms with Gasteiger partial charge in [-0.2, -0.15) is 0 Å². The van der Waals surface area contributed by atoms with Crippen molar-refractivity contribution in [2.75, 3.05) is 19.0 Å². The summed E-state index contributed by atoms with van der Waals surface area (Å²) in [7, 11) is 3.86. The Bertz CT molecular complexity index is 937. The number of anilines is 1. The highest BCUT2D eigenvalue weighted by Gasteiger charge is 2.19. The molecule has 0 amide bonds. The van der Waals surface area contributed by atoms with Gasteiger partial charge in [0.05, 0.1) is 0 Å². The van der Waals surface area contributed by atoms with Crippen LogP contribution < -0.4 is 10.5 Å². The zero-order valence-corrected chi connectivity index (χ0v) is 13.3. The SMILES string of the molecule is Cc1c(C(=O)c2ccc(N(C)C)cc2)c(=O)oc2ccccc12. The largest absolute Gasteiger partial charge is 0.422 e. The molecular weight excluding hydrogens is 290 g/mol. The zero-order chi connectivity index (χ0) is 16.6. The lowest BCUT2D eigenvalue weighted by Gasteiger charge is -2.12. The average molecular weight is 307 g/mol. The summed E-state index contributed by atoms with van der Waals surface area (Å²) in [4.78, 5) is 26.9. The minimum atomic E-state index is -0.595. The van der Waals surface area contributed by atoms with Crippen LogP contribution in [0.15, 0.2) is 57.7 Å². The molecule has 116 valence electrons. The van der Waals surface area contributed by atoms with Gasteiger partial charge in [0, 0.05) is 30.7 Å². The molecule has 0 N–H and O–H groups in total. The van der Waals surface area contributed by atoms with E-state index in [4.69, 9.17) is 4.42 Å². The number of hydrogen-bond donors (Lipinski definition) is 0. The third-order valence-corrected chi connectivity index (χ3v) is 3.95. The summed E-state index contributed by atoms with van der Waals surface area (Å²) in [6.07, 6.45) is 0. The summed E-state index contributed by atoms with van der Waals surface area (Å²) in [6, 6.07) is 14.4. The lowest BCUT2D eigenvalue weighted by atomic mass is 9.98. The number of carbonyl (C=O) groups excluding carboxylic acids is 1. The number of rotatable bonds is 3. The maximum atomic E-state index is 12.7. The first kappa shape index (κ1) is 15.0. The molecule has 4 heteroatoms. The van der Waals surface area contributed by atoms with E-state index in [-0.39, 0.29) is 11.3 Å². The van der Waals surface area contributed by atoms with Crippen molar-refractivity contribution in [1.82, 2.24) is 0 Å². The van der Waals surface area contributed by atoms with Gasteiger partial charge in [0.2, 0.25) is 5.78 Å². The number of hydrogen-bond acceptors (Lipinski definition) is 4. The second-order valence-electron chi connectivity index (χ2n) is 5.66. The van der Waals surface area contributed by atoms with Crippen LogP contribution in [0.4, 0.5) is 5.69 Å². The quantitative estimate of drug-likeness (QED) is 0.550. The Hall–Kier alpha value is -2.88. The van der Waals surface area contributed by atoms with E-state index in [0.717, 1.165) is 11.1 Å². The van der Waals surface area contributed by atoms with Crippen LogP contribution in [0.25, 0.3) is 11.0 Å². The van der Waals surface area contributed by atoms with Crippen molar-refractivity contribution in [1.29, 1.82) is 0 Å². The third-order valence-electron chi connectivity index (χ3n) is 3.95. The summed E-state index contributed by atoms with van der Waals surface area (Å²) in [5, 5.41) is 0.778. The van der Waals surface area contributed by atoms with Gasteiger partial charge in [0.1, 0.15) is 11.1 Å². The molecule has 4 nitrogen and oxygen atoms in total. The van der Waals surface area contributed by atoms with Gasteiger partial charge in [-0.1, -0.05) is 18.2 Å². The molecule has 23 heavy (non-hydrogen) atoms. The molecule has 0 bridgehead atoms. The second kappa shape index (κ2) is 5.72. The van der Waals surface area contributed by atoms with E-state index in [9.17, 15) is 9.59 Å². The number of para-hydroxylation sites is 1. The van der Waals surface area contributed by atoms with Gasteiger partial charge >= 0.3 is 5.63 Å². The smallest absolute Gasteiger partial charge is 0.347 e. The summed E-state index contributed by atoms with van der Waals surface area (Å²) in [6.45, 7) is 1.78. The number of ketones is 1. The van der Waals surface area contributed by atoms with Crippen molar-refractivity contribution < 1.29 is 9.21 Å². The molecule has 1 heterocycles. The van der Waals surface area contributed by atoms with Crippen LogP contribution in [-0.2, 0) is 0 Å². The molecule has 3 aromatic rings. The number of nitrogens with zero attached hydrogens (tertiary/aromatic N) is 1. The molecule has 0 aliphatic rings. The average Bonchev–Trinajstić information content (AvgIpc) is 2.54. The summed E-state index contributed by atoms with van der Waals surface area (Å²) in [5.74, 6) is -0.313. The van der Waals surface area contributed by atoms with Crippen molar-refractivity contribution in [3.05, 3.63) is 75.6 Å². The molecule has 0 atom stereocenters. The summed E-state index contributed by atoms with van der Waals surface area (Å²) in [5.41, 5.74) is 2.11. The van der Waals surface area contributed by atoms with Crippen LogP contribution in [0.3, 0.4) is 0 Å². The van der Waals surface area contributed by atoms with E-state index in [1.807, 2.05) is 43.3 Å². The lowest BCUT2D eigenvalue weighted by molar-refractivity contribution is 0.103. The molecule has 0 spiro atoms. The predicted molar refractivity (Wildman–Crippen MR) is 91.4 cm³/mol. The number of fused-ring (bicyclic) bond motifs is 1. The van der Waals surface area contributed by atoms with Crippen LogP contribution in [0.5, 0.6) is 0 Å². The first-order valence-corrected chi connectivity index (χ1v) is 7.33. The Balaban J connectivity index is 2.12. The highest BCUT2D eigenvalue weighted by molar-refractivity contribution is 6.11. The Kier molecular flexibility index (Phi) is 3.74. The minimum absolute atomic E-state index is 0.0984. The van der Waals surface area contributed by atoms with Crippen molar-refractivity contribution >= 4 is 22.4 Å². The first-order valence-electron chi connectivity index (χ1n) is 7.33. The Morgan fingerprint density at radius 3 is 2.30 bits per heavy atom. The highest BCUT2D eigenvalue weighted by atomic mass is 16.4. The normalized spacial score (nSPS) is 10.7. The topological polar surface area (TPSA) is 50.5 Å². The van der Waals surface area contributed by atoms with Gasteiger partial charge < -0.3 is 9.32 Å². The number of aryl methyl sites for hydroxylation is 1. The van der Waals surface area contributed by atoms with Gasteiger partial charge in [0.15, 0.2) is 0 Å². The fourth-order valence-electron chi connectivity index (χ4n) is 2.62. The Morgan fingerprint density at radius 1 is 1.00 bits per heavy atom. The van der Waals surface area contributed by atoms with E-state index in [2.05, 4.69) is 0 Å². The Labute approximate surface area is 134 Å². The molecule has 0 unspecified atom stereocenters. The fraction of sp³-hybridized carbons (Fsp3) is 0.158. The summed E-state index contributed by atoms with van der Waals surface area (Å²) >= 11 is 0. The van der Waals surface area contributed by atoms with E-state index < -0.39 is 5.63 Å². The van der Waals surface area contributed by atoms with E-state index in [1.165, 1.54) is 0 Å². The van der Waals surface area contributed by atoms with E-state index >= 15 is 0 Å². The van der Waals surface area contributed by atoms with Crippen molar-refractivity contribution in [2.24, 2.45) is 0 Å². The molecule has 0 radical (unpaired) electrons. The maximum absolute atomic E-state index is 12.7. The van der Waals surface area contributed by atoms with Crippen molar-refractivity contribution in [3.8, 4) is 0 Å². The number of carbonyl (C=O) groups is 1. The highest BCUT2D eigenvalue weighted by Crippen LogP contribution is 2.21.